The fraction of sp³-hybridized carbons (Fsp3) is 0.125. The van der Waals surface area contributed by atoms with Gasteiger partial charge in [-0.3, -0.25) is 4.79 Å². The lowest BCUT2D eigenvalue weighted by molar-refractivity contribution is -0.304. The van der Waals surface area contributed by atoms with Crippen molar-refractivity contribution in [1.82, 2.24) is 0 Å². The number of nitrogen functional groups attached to an aromatic ring is 1. The second-order valence-electron chi connectivity index (χ2n) is 4.63. The summed E-state index contributed by atoms with van der Waals surface area (Å²) < 4.78 is 5.10. The molecule has 0 aliphatic carbocycles. The summed E-state index contributed by atoms with van der Waals surface area (Å²) in [6, 6.07) is 9.28. The summed E-state index contributed by atoms with van der Waals surface area (Å²) in [5.41, 5.74) is 6.88. The minimum absolute atomic E-state index is 0.102. The van der Waals surface area contributed by atoms with Crippen molar-refractivity contribution in [1.29, 1.82) is 0 Å². The zero-order valence-electron chi connectivity index (χ0n) is 11.8. The number of aliphatic carboxylic acids is 1. The van der Waals surface area contributed by atoms with E-state index in [-0.39, 0.29) is 22.6 Å². The Morgan fingerprint density at radius 1 is 1.23 bits per heavy atom. The Bertz CT molecular complexity index is 726. The molecule has 0 atom stereocenters. The molecule has 0 unspecified atom stereocenters. The number of anilines is 1. The fourth-order valence-electron chi connectivity index (χ4n) is 2.05. The van der Waals surface area contributed by atoms with Crippen molar-refractivity contribution in [2.75, 3.05) is 12.8 Å². The Labute approximate surface area is 132 Å². The maximum atomic E-state index is 12.5. The van der Waals surface area contributed by atoms with Gasteiger partial charge in [-0.25, -0.2) is 0 Å². The molecule has 22 heavy (non-hydrogen) atoms. The van der Waals surface area contributed by atoms with Crippen LogP contribution in [-0.2, 0) is 11.2 Å². The predicted octanol–water partition coefficient (Wildman–Crippen LogP) is 1.45. The Hall–Kier alpha value is -2.53. The van der Waals surface area contributed by atoms with E-state index in [0.717, 1.165) is 0 Å². The third kappa shape index (κ3) is 3.38. The van der Waals surface area contributed by atoms with E-state index < -0.39 is 12.4 Å². The molecule has 114 valence electrons. The van der Waals surface area contributed by atoms with Crippen molar-refractivity contribution < 1.29 is 19.4 Å². The summed E-state index contributed by atoms with van der Waals surface area (Å²) >= 11 is 5.80. The highest BCUT2D eigenvalue weighted by molar-refractivity contribution is 6.30. The zero-order valence-corrected chi connectivity index (χ0v) is 12.5. The Balaban J connectivity index is 2.51. The van der Waals surface area contributed by atoms with Gasteiger partial charge in [0.2, 0.25) is 0 Å². The maximum absolute atomic E-state index is 12.5. The third-order valence-corrected chi connectivity index (χ3v) is 3.41. The molecule has 0 radical (unpaired) electrons. The van der Waals surface area contributed by atoms with Gasteiger partial charge >= 0.3 is 0 Å². The van der Waals surface area contributed by atoms with Gasteiger partial charge in [0.1, 0.15) is 5.75 Å². The zero-order chi connectivity index (χ0) is 16.3. The van der Waals surface area contributed by atoms with Crippen LogP contribution in [0.2, 0.25) is 5.02 Å². The SMILES string of the molecule is COc1cc(CC(=O)[O-])c(N)c(C(=O)c2ccc(Cl)cc2)c1. The number of benzene rings is 2. The third-order valence-electron chi connectivity index (χ3n) is 3.16. The smallest absolute Gasteiger partial charge is 0.195 e. The Morgan fingerprint density at radius 2 is 1.86 bits per heavy atom. The topological polar surface area (TPSA) is 92.4 Å². The van der Waals surface area contributed by atoms with Crippen LogP contribution in [0.3, 0.4) is 0 Å². The normalized spacial score (nSPS) is 10.3. The number of carbonyl (C=O) groups excluding carboxylic acids is 2. The van der Waals surface area contributed by atoms with Crippen LogP contribution in [0.5, 0.6) is 5.75 Å². The lowest BCUT2D eigenvalue weighted by Crippen LogP contribution is -2.25. The van der Waals surface area contributed by atoms with E-state index >= 15 is 0 Å². The van der Waals surface area contributed by atoms with E-state index in [1.165, 1.54) is 19.2 Å². The van der Waals surface area contributed by atoms with Crippen molar-refractivity contribution in [2.45, 2.75) is 6.42 Å². The maximum Gasteiger partial charge on any atom is 0.195 e. The van der Waals surface area contributed by atoms with E-state index in [1.807, 2.05) is 0 Å². The summed E-state index contributed by atoms with van der Waals surface area (Å²) in [7, 11) is 1.42. The molecule has 0 aliphatic heterocycles. The van der Waals surface area contributed by atoms with E-state index in [4.69, 9.17) is 22.1 Å². The molecular weight excluding hydrogens is 306 g/mol. The van der Waals surface area contributed by atoms with Gasteiger partial charge in [0.05, 0.1) is 7.11 Å². The summed E-state index contributed by atoms with van der Waals surface area (Å²) in [6.07, 6.45) is -0.399. The molecule has 0 saturated heterocycles. The molecule has 0 aliphatic rings. The number of carbonyl (C=O) groups is 2. The summed E-state index contributed by atoms with van der Waals surface area (Å²) in [5.74, 6) is -1.28. The average molecular weight is 319 g/mol. The Morgan fingerprint density at radius 3 is 2.41 bits per heavy atom. The molecule has 0 bridgehead atoms. The minimum Gasteiger partial charge on any atom is -0.550 e. The number of nitrogens with two attached hydrogens (primary N) is 1. The first kappa shape index (κ1) is 15.9. The molecule has 2 aromatic rings. The molecule has 2 N–H and O–H groups in total. The van der Waals surface area contributed by atoms with Crippen LogP contribution in [0.1, 0.15) is 21.5 Å². The van der Waals surface area contributed by atoms with E-state index in [2.05, 4.69) is 0 Å². The molecule has 0 saturated carbocycles. The molecule has 0 amide bonds. The summed E-state index contributed by atoms with van der Waals surface area (Å²) in [5, 5.41) is 11.3. The highest BCUT2D eigenvalue weighted by Gasteiger charge is 2.17. The van der Waals surface area contributed by atoms with Crippen LogP contribution in [0.25, 0.3) is 0 Å². The molecule has 0 heterocycles. The van der Waals surface area contributed by atoms with Gasteiger partial charge in [-0.2, -0.15) is 0 Å². The van der Waals surface area contributed by atoms with Gasteiger partial charge in [-0.05, 0) is 42.0 Å². The van der Waals surface area contributed by atoms with Crippen molar-refractivity contribution in [3.8, 4) is 5.75 Å². The highest BCUT2D eigenvalue weighted by Crippen LogP contribution is 2.27. The first-order valence-electron chi connectivity index (χ1n) is 6.39. The number of hydrogen-bond donors (Lipinski definition) is 1. The summed E-state index contributed by atoms with van der Waals surface area (Å²) in [6.45, 7) is 0. The van der Waals surface area contributed by atoms with Crippen LogP contribution >= 0.6 is 11.6 Å². The standard InChI is InChI=1S/C16H14ClNO4/c1-22-12-6-10(7-14(19)20)15(18)13(8-12)16(21)9-2-4-11(17)5-3-9/h2-6,8H,7,18H2,1H3,(H,19,20)/p-1. The van der Waals surface area contributed by atoms with Crippen LogP contribution in [-0.4, -0.2) is 18.9 Å². The van der Waals surface area contributed by atoms with Gasteiger partial charge in [-0.15, -0.1) is 0 Å². The molecule has 2 aromatic carbocycles. The number of ether oxygens (including phenoxy) is 1. The molecule has 0 fully saturated rings. The highest BCUT2D eigenvalue weighted by atomic mass is 35.5. The minimum atomic E-state index is -1.29. The number of ketones is 1. The van der Waals surface area contributed by atoms with Gasteiger partial charge in [0.25, 0.3) is 0 Å². The first-order valence-corrected chi connectivity index (χ1v) is 6.76. The average Bonchev–Trinajstić information content (AvgIpc) is 2.49. The van der Waals surface area contributed by atoms with Crippen LogP contribution in [0.15, 0.2) is 36.4 Å². The molecule has 5 nitrogen and oxygen atoms in total. The monoisotopic (exact) mass is 318 g/mol. The number of methoxy groups -OCH3 is 1. The van der Waals surface area contributed by atoms with Crippen LogP contribution in [0, 0.1) is 0 Å². The number of rotatable bonds is 5. The lowest BCUT2D eigenvalue weighted by Gasteiger charge is -2.13. The van der Waals surface area contributed by atoms with Gasteiger partial charge in [-0.1, -0.05) is 11.6 Å². The predicted molar refractivity (Wildman–Crippen MR) is 81.0 cm³/mol. The van der Waals surface area contributed by atoms with E-state index in [1.54, 1.807) is 24.3 Å². The number of hydrogen-bond acceptors (Lipinski definition) is 5. The number of carboxylic acids is 1. The number of carboxylic acid groups (broad SMARTS) is 1. The van der Waals surface area contributed by atoms with Gasteiger partial charge in [0.15, 0.2) is 5.78 Å². The van der Waals surface area contributed by atoms with E-state index in [0.29, 0.717) is 16.3 Å². The van der Waals surface area contributed by atoms with E-state index in [9.17, 15) is 14.7 Å². The van der Waals surface area contributed by atoms with Gasteiger partial charge in [0, 0.05) is 34.2 Å². The van der Waals surface area contributed by atoms with Crippen molar-refractivity contribution in [3.05, 3.63) is 58.1 Å². The molecule has 6 heteroatoms. The van der Waals surface area contributed by atoms with Crippen LogP contribution in [0.4, 0.5) is 5.69 Å². The summed E-state index contributed by atoms with van der Waals surface area (Å²) in [4.78, 5) is 23.3. The lowest BCUT2D eigenvalue weighted by atomic mass is 9.97. The fourth-order valence-corrected chi connectivity index (χ4v) is 2.17. The second-order valence-corrected chi connectivity index (χ2v) is 5.07. The van der Waals surface area contributed by atoms with Crippen molar-refractivity contribution >= 4 is 29.0 Å². The number of halogens is 1. The first-order chi connectivity index (χ1) is 10.4. The van der Waals surface area contributed by atoms with Crippen LogP contribution < -0.4 is 15.6 Å². The molecular formula is C16H13ClNO4-. The molecule has 2 rings (SSSR count). The second kappa shape index (κ2) is 6.49. The molecule has 0 aromatic heterocycles. The quantitative estimate of drug-likeness (QED) is 0.665. The molecule has 0 spiro atoms. The van der Waals surface area contributed by atoms with Crippen molar-refractivity contribution in [3.63, 3.8) is 0 Å². The Kier molecular flexibility index (Phi) is 4.68. The van der Waals surface area contributed by atoms with Crippen molar-refractivity contribution in [2.24, 2.45) is 0 Å². The van der Waals surface area contributed by atoms with Gasteiger partial charge < -0.3 is 20.4 Å². The largest absolute Gasteiger partial charge is 0.550 e.